The summed E-state index contributed by atoms with van der Waals surface area (Å²) >= 11 is 0. The highest BCUT2D eigenvalue weighted by atomic mass is 16.1. The molecule has 0 amide bonds. The normalized spacial score (nSPS) is 7.80. The summed E-state index contributed by atoms with van der Waals surface area (Å²) in [6.45, 7) is 11.1. The fraction of sp³-hybridized carbons (Fsp3) is 0.375. The van der Waals surface area contributed by atoms with E-state index in [1.165, 1.54) is 0 Å². The van der Waals surface area contributed by atoms with Crippen LogP contribution in [0.3, 0.4) is 0 Å². The van der Waals surface area contributed by atoms with E-state index < -0.39 is 0 Å². The second-order valence-electron chi connectivity index (χ2n) is 1.80. The Bertz CT molecular complexity index is 81.3. The molecule has 10 heavy (non-hydrogen) atoms. The van der Waals surface area contributed by atoms with Crippen LogP contribution in [0, 0.1) is 0 Å². The van der Waals surface area contributed by atoms with Gasteiger partial charge in [0.2, 0.25) is 0 Å². The second kappa shape index (κ2) is 11.0. The van der Waals surface area contributed by atoms with Gasteiger partial charge in [-0.3, -0.25) is 4.90 Å². The Morgan fingerprint density at radius 3 is 1.70 bits per heavy atom. The number of hydrogen-bond acceptors (Lipinski definition) is 2. The third kappa shape index (κ3) is 10.2. The molecule has 58 valence electrons. The van der Waals surface area contributed by atoms with E-state index in [0.717, 1.165) is 13.1 Å². The van der Waals surface area contributed by atoms with E-state index in [0.29, 0.717) is 0 Å². The lowest BCUT2D eigenvalue weighted by Gasteiger charge is -2.09. The van der Waals surface area contributed by atoms with E-state index in [9.17, 15) is 0 Å². The molecule has 0 rings (SSSR count). The highest BCUT2D eigenvalue weighted by Gasteiger charge is 1.86. The zero-order valence-electron chi connectivity index (χ0n) is 6.55. The minimum absolute atomic E-state index is 0.937. The third-order valence-corrected chi connectivity index (χ3v) is 0.882. The Morgan fingerprint density at radius 2 is 1.50 bits per heavy atom. The highest BCUT2D eigenvalue weighted by molar-refractivity contribution is 5.10. The van der Waals surface area contributed by atoms with Crippen molar-refractivity contribution >= 4 is 6.79 Å². The van der Waals surface area contributed by atoms with Crippen molar-refractivity contribution in [3.63, 3.8) is 0 Å². The summed E-state index contributed by atoms with van der Waals surface area (Å²) in [7, 11) is 2.03. The van der Waals surface area contributed by atoms with E-state index in [1.807, 2.05) is 26.0 Å². The summed E-state index contributed by atoms with van der Waals surface area (Å²) in [5.74, 6) is 0. The maximum absolute atomic E-state index is 8.00. The van der Waals surface area contributed by atoms with Crippen molar-refractivity contribution in [3.05, 3.63) is 25.3 Å². The zero-order chi connectivity index (χ0) is 8.41. The Labute approximate surface area is 62.8 Å². The van der Waals surface area contributed by atoms with Crippen LogP contribution in [0.4, 0.5) is 0 Å². The predicted molar refractivity (Wildman–Crippen MR) is 45.0 cm³/mol. The molecule has 0 bridgehead atoms. The lowest BCUT2D eigenvalue weighted by Crippen LogP contribution is -2.17. The molecule has 0 saturated carbocycles. The maximum atomic E-state index is 8.00. The fourth-order valence-corrected chi connectivity index (χ4v) is 0.515. The summed E-state index contributed by atoms with van der Waals surface area (Å²) in [4.78, 5) is 10.1. The van der Waals surface area contributed by atoms with Gasteiger partial charge in [0.25, 0.3) is 0 Å². The van der Waals surface area contributed by atoms with Crippen LogP contribution < -0.4 is 0 Å². The Hall–Kier alpha value is -0.890. The topological polar surface area (TPSA) is 20.3 Å². The summed E-state index contributed by atoms with van der Waals surface area (Å²) < 4.78 is 0. The van der Waals surface area contributed by atoms with Crippen molar-refractivity contribution in [3.8, 4) is 0 Å². The number of nitrogens with zero attached hydrogens (tertiary/aromatic N) is 1. The van der Waals surface area contributed by atoms with Gasteiger partial charge in [0, 0.05) is 13.1 Å². The van der Waals surface area contributed by atoms with Gasteiger partial charge in [-0.1, -0.05) is 12.2 Å². The van der Waals surface area contributed by atoms with Crippen LogP contribution in [0.15, 0.2) is 25.3 Å². The predicted octanol–water partition coefficient (Wildman–Crippen LogP) is 1.11. The standard InChI is InChI=1S/C7H13N.CH2O/c1-4-6-8(3)7-5-2;1-2/h4-5H,1-2,6-7H2,3H3;1H2. The summed E-state index contributed by atoms with van der Waals surface area (Å²) in [6.07, 6.45) is 3.76. The molecule has 0 heterocycles. The monoisotopic (exact) mass is 141 g/mol. The number of carbonyl (C=O) groups is 1. The van der Waals surface area contributed by atoms with Gasteiger partial charge in [0.15, 0.2) is 0 Å². The molecule has 0 saturated heterocycles. The molecule has 0 aliphatic rings. The van der Waals surface area contributed by atoms with E-state index in [1.54, 1.807) is 0 Å². The molecule has 0 radical (unpaired) electrons. The van der Waals surface area contributed by atoms with Crippen molar-refractivity contribution in [2.24, 2.45) is 0 Å². The van der Waals surface area contributed by atoms with Crippen LogP contribution >= 0.6 is 0 Å². The van der Waals surface area contributed by atoms with E-state index in [-0.39, 0.29) is 0 Å². The van der Waals surface area contributed by atoms with E-state index in [4.69, 9.17) is 4.79 Å². The molecule has 0 aliphatic heterocycles. The second-order valence-corrected chi connectivity index (χ2v) is 1.80. The number of carbonyl (C=O) groups excluding carboxylic acids is 1. The van der Waals surface area contributed by atoms with Gasteiger partial charge in [0.05, 0.1) is 0 Å². The number of rotatable bonds is 4. The van der Waals surface area contributed by atoms with Gasteiger partial charge in [-0.15, -0.1) is 13.2 Å². The maximum Gasteiger partial charge on any atom is 0.106 e. The van der Waals surface area contributed by atoms with E-state index >= 15 is 0 Å². The quantitative estimate of drug-likeness (QED) is 0.546. The molecule has 0 spiro atoms. The minimum Gasteiger partial charge on any atom is -0.307 e. The summed E-state index contributed by atoms with van der Waals surface area (Å²) in [6, 6.07) is 0. The molecule has 0 aromatic heterocycles. The summed E-state index contributed by atoms with van der Waals surface area (Å²) in [5.41, 5.74) is 0. The van der Waals surface area contributed by atoms with Crippen LogP contribution in [-0.2, 0) is 4.79 Å². The van der Waals surface area contributed by atoms with Crippen molar-refractivity contribution in [1.82, 2.24) is 4.90 Å². The van der Waals surface area contributed by atoms with Gasteiger partial charge in [-0.2, -0.15) is 0 Å². The molecule has 0 fully saturated rings. The molecule has 0 atom stereocenters. The van der Waals surface area contributed by atoms with Crippen LogP contribution in [0.25, 0.3) is 0 Å². The van der Waals surface area contributed by atoms with Crippen molar-refractivity contribution in [2.45, 2.75) is 0 Å². The van der Waals surface area contributed by atoms with Gasteiger partial charge in [-0.05, 0) is 7.05 Å². The molecular weight excluding hydrogens is 126 g/mol. The average Bonchev–Trinajstić information content (AvgIpc) is 1.93. The number of likely N-dealkylation sites (N-methyl/N-ethyl adjacent to an activating group) is 1. The smallest absolute Gasteiger partial charge is 0.106 e. The molecule has 2 heteroatoms. The van der Waals surface area contributed by atoms with Crippen molar-refractivity contribution in [2.75, 3.05) is 20.1 Å². The largest absolute Gasteiger partial charge is 0.307 e. The molecule has 0 aromatic carbocycles. The van der Waals surface area contributed by atoms with Gasteiger partial charge in [-0.25, -0.2) is 0 Å². The van der Waals surface area contributed by atoms with E-state index in [2.05, 4.69) is 18.1 Å². The minimum atomic E-state index is 0.937. The Kier molecular flexibility index (Phi) is 13.0. The van der Waals surface area contributed by atoms with Crippen LogP contribution in [0.5, 0.6) is 0 Å². The van der Waals surface area contributed by atoms with Crippen molar-refractivity contribution in [1.29, 1.82) is 0 Å². The molecule has 0 unspecified atom stereocenters. The lowest BCUT2D eigenvalue weighted by molar-refractivity contribution is -0.0979. The van der Waals surface area contributed by atoms with Gasteiger partial charge in [0.1, 0.15) is 6.79 Å². The Morgan fingerprint density at radius 1 is 1.20 bits per heavy atom. The van der Waals surface area contributed by atoms with Gasteiger partial charge < -0.3 is 4.79 Å². The van der Waals surface area contributed by atoms with Crippen LogP contribution in [0.2, 0.25) is 0 Å². The molecule has 0 aromatic rings. The molecular formula is C8H15NO. The van der Waals surface area contributed by atoms with Gasteiger partial charge >= 0.3 is 0 Å². The molecule has 0 aliphatic carbocycles. The lowest BCUT2D eigenvalue weighted by atomic mass is 10.5. The average molecular weight is 141 g/mol. The molecule has 2 nitrogen and oxygen atoms in total. The first-order valence-corrected chi connectivity index (χ1v) is 3.00. The third-order valence-electron chi connectivity index (χ3n) is 0.882. The molecule has 0 N–H and O–H groups in total. The first-order valence-electron chi connectivity index (χ1n) is 3.00. The van der Waals surface area contributed by atoms with Crippen LogP contribution in [-0.4, -0.2) is 31.8 Å². The van der Waals surface area contributed by atoms with Crippen molar-refractivity contribution < 1.29 is 4.79 Å². The SMILES string of the molecule is C=CCN(C)CC=C.C=O. The first kappa shape index (κ1) is 11.9. The first-order chi connectivity index (χ1) is 4.81. The Balaban J connectivity index is 0. The summed E-state index contributed by atoms with van der Waals surface area (Å²) in [5, 5.41) is 0. The number of hydrogen-bond donors (Lipinski definition) is 0. The van der Waals surface area contributed by atoms with Crippen LogP contribution in [0.1, 0.15) is 0 Å². The zero-order valence-corrected chi connectivity index (χ0v) is 6.55. The fourth-order valence-electron chi connectivity index (χ4n) is 0.515. The highest BCUT2D eigenvalue weighted by Crippen LogP contribution is 1.80.